The molecule has 0 aromatic heterocycles. The van der Waals surface area contributed by atoms with Gasteiger partial charge in [0, 0.05) is 10.9 Å². The maximum Gasteiger partial charge on any atom is 1.00 e. The van der Waals surface area contributed by atoms with Gasteiger partial charge in [0.2, 0.25) is 0 Å². The number of nitrogens with zero attached hydrogens (tertiary/aromatic N) is 2. The van der Waals surface area contributed by atoms with Gasteiger partial charge in [-0.1, -0.05) is 59.3 Å². The van der Waals surface area contributed by atoms with Crippen LogP contribution in [0.25, 0.3) is 10.8 Å². The molecule has 0 aliphatic carbocycles. The Morgan fingerprint density at radius 1 is 1.05 bits per heavy atom. The van der Waals surface area contributed by atoms with E-state index in [1.54, 1.807) is 42.5 Å². The van der Waals surface area contributed by atoms with Gasteiger partial charge in [-0.2, -0.15) is 13.5 Å². The van der Waals surface area contributed by atoms with E-state index < -0.39 is 21.8 Å². The third-order valence-corrected chi connectivity index (χ3v) is 7.30. The molecule has 0 heterocycles. The maximum atomic E-state index is 13.4. The molecule has 0 bridgehead atoms. The van der Waals surface area contributed by atoms with Crippen molar-refractivity contribution in [2.24, 2.45) is 10.2 Å². The minimum absolute atomic E-state index is 0. The molecular weight excluding hydrogens is 564 g/mol. The molecule has 0 saturated carbocycles. The van der Waals surface area contributed by atoms with Crippen molar-refractivity contribution in [2.75, 3.05) is 12.4 Å². The van der Waals surface area contributed by atoms with Gasteiger partial charge >= 0.3 is 29.6 Å². The Labute approximate surface area is 250 Å². The van der Waals surface area contributed by atoms with Crippen LogP contribution < -0.4 is 44.7 Å². The van der Waals surface area contributed by atoms with Crippen molar-refractivity contribution in [3.8, 4) is 11.5 Å². The first-order valence-electron chi connectivity index (χ1n) is 10.6. The first-order valence-corrected chi connectivity index (χ1v) is 12.8. The number of rotatable bonds is 6. The molecule has 190 valence electrons. The van der Waals surface area contributed by atoms with E-state index >= 15 is 0 Å². The van der Waals surface area contributed by atoms with Crippen molar-refractivity contribution in [1.82, 2.24) is 0 Å². The molecule has 0 unspecified atom stereocenters. The molecule has 0 spiro atoms. The van der Waals surface area contributed by atoms with Gasteiger partial charge < -0.3 is 15.2 Å². The van der Waals surface area contributed by atoms with E-state index in [0.717, 1.165) is 6.07 Å². The molecule has 9 nitrogen and oxygen atoms in total. The average Bonchev–Trinajstić information content (AvgIpc) is 2.85. The Morgan fingerprint density at radius 3 is 2.45 bits per heavy atom. The van der Waals surface area contributed by atoms with Gasteiger partial charge in [-0.3, -0.25) is 9.35 Å². The summed E-state index contributed by atoms with van der Waals surface area (Å²) in [6, 6.07) is 15.4. The smallest absolute Gasteiger partial charge is 0.870 e. The van der Waals surface area contributed by atoms with Crippen LogP contribution in [0, 0.1) is 6.92 Å². The molecule has 0 aliphatic rings. The number of halogens is 2. The van der Waals surface area contributed by atoms with Gasteiger partial charge in [0.15, 0.2) is 0 Å². The summed E-state index contributed by atoms with van der Waals surface area (Å²) >= 11 is 12.5. The zero-order chi connectivity index (χ0) is 26.9. The van der Waals surface area contributed by atoms with Gasteiger partial charge in [0.1, 0.15) is 17.1 Å². The molecule has 4 aromatic rings. The quantitative estimate of drug-likeness (QED) is 0.203. The van der Waals surface area contributed by atoms with Crippen LogP contribution in [0.5, 0.6) is 11.5 Å². The second-order valence-electron chi connectivity index (χ2n) is 7.79. The summed E-state index contributed by atoms with van der Waals surface area (Å²) in [5, 5.41) is 25.3. The minimum atomic E-state index is -4.49. The van der Waals surface area contributed by atoms with Gasteiger partial charge in [-0.15, -0.1) is 5.11 Å². The summed E-state index contributed by atoms with van der Waals surface area (Å²) in [6.45, 7) is 1.40. The maximum absolute atomic E-state index is 13.4. The monoisotopic (exact) mass is 581 g/mol. The van der Waals surface area contributed by atoms with Gasteiger partial charge in [0.05, 0.1) is 27.7 Å². The number of carbonyl (C=O) groups is 1. The molecule has 0 fully saturated rings. The number of fused-ring (bicyclic) bond motifs is 1. The molecule has 0 radical (unpaired) electrons. The third-order valence-electron chi connectivity index (χ3n) is 5.51. The zero-order valence-corrected chi connectivity index (χ0v) is 24.6. The topological polar surface area (TPSA) is 140 Å². The SMILES string of the molecule is COc1cccc(Cl)c1NC(=O)c1cc2ccccc2c(N=Nc2ccc(S(=O)(=O)O)c(C)c2Cl)c1[O-].[Na+]. The minimum Gasteiger partial charge on any atom is -0.870 e. The Morgan fingerprint density at radius 2 is 1.76 bits per heavy atom. The Hall–Kier alpha value is -2.70. The third kappa shape index (κ3) is 5.97. The summed E-state index contributed by atoms with van der Waals surface area (Å²) in [5.74, 6) is -1.12. The number of hydrogen-bond acceptors (Lipinski definition) is 7. The van der Waals surface area contributed by atoms with Crippen molar-refractivity contribution in [2.45, 2.75) is 11.8 Å². The molecule has 0 saturated heterocycles. The Balaban J connectivity index is 0.00000400. The summed E-state index contributed by atoms with van der Waals surface area (Å²) in [7, 11) is -3.07. The predicted octanol–water partition coefficient (Wildman–Crippen LogP) is 3.46. The molecule has 4 rings (SSSR count). The summed E-state index contributed by atoms with van der Waals surface area (Å²) < 4.78 is 37.7. The van der Waals surface area contributed by atoms with E-state index in [-0.39, 0.29) is 72.7 Å². The standard InChI is InChI=1S/C25H19Cl2N3O6S.Na/c1-13-20(37(33,34)35)11-10-18(21(13)27)29-30-22-15-7-4-3-6-14(15)12-16(24(22)31)25(32)28-23-17(26)8-5-9-19(23)36-2;/h3-12,31H,1-2H3,(H,28,32)(H,33,34,35);/q;+1/p-1. The van der Waals surface area contributed by atoms with E-state index in [9.17, 15) is 22.9 Å². The van der Waals surface area contributed by atoms with Crippen LogP contribution in [0.1, 0.15) is 15.9 Å². The van der Waals surface area contributed by atoms with Crippen LogP contribution >= 0.6 is 23.2 Å². The van der Waals surface area contributed by atoms with Crippen molar-refractivity contribution in [1.29, 1.82) is 0 Å². The van der Waals surface area contributed by atoms with Gasteiger partial charge in [0.25, 0.3) is 16.0 Å². The first kappa shape index (κ1) is 29.9. The number of azo groups is 1. The van der Waals surface area contributed by atoms with Crippen molar-refractivity contribution >= 4 is 67.1 Å². The number of anilines is 1. The second kappa shape index (κ2) is 12.0. The second-order valence-corrected chi connectivity index (χ2v) is 9.97. The van der Waals surface area contributed by atoms with E-state index in [1.165, 1.54) is 26.2 Å². The number of hydrogen-bond donors (Lipinski definition) is 2. The van der Waals surface area contributed by atoms with E-state index in [1.807, 2.05) is 0 Å². The molecule has 38 heavy (non-hydrogen) atoms. The summed E-state index contributed by atoms with van der Waals surface area (Å²) in [6.07, 6.45) is 0. The number of carbonyl (C=O) groups excluding carboxylic acids is 1. The molecule has 2 N–H and O–H groups in total. The molecular formula is C25H18Cl2N3NaO6S. The molecule has 0 aliphatic heterocycles. The fraction of sp³-hybridized carbons (Fsp3) is 0.0800. The Kier molecular flexibility index (Phi) is 9.43. The number of methoxy groups -OCH3 is 1. The molecule has 13 heteroatoms. The van der Waals surface area contributed by atoms with Crippen LogP contribution in [0.4, 0.5) is 17.1 Å². The summed E-state index contributed by atoms with van der Waals surface area (Å²) in [4.78, 5) is 12.8. The van der Waals surface area contributed by atoms with Crippen LogP contribution in [0.3, 0.4) is 0 Å². The Bertz CT molecular complexity index is 1700. The first-order chi connectivity index (χ1) is 17.5. The van der Waals surface area contributed by atoms with Crippen LogP contribution in [0.2, 0.25) is 10.0 Å². The van der Waals surface area contributed by atoms with Gasteiger partial charge in [-0.05, 0) is 48.2 Å². The fourth-order valence-corrected chi connectivity index (χ4v) is 4.87. The normalized spacial score (nSPS) is 11.4. The summed E-state index contributed by atoms with van der Waals surface area (Å²) in [5.41, 5.74) is -0.00509. The van der Waals surface area contributed by atoms with Crippen LogP contribution in [0.15, 0.2) is 75.8 Å². The van der Waals surface area contributed by atoms with Crippen LogP contribution in [-0.4, -0.2) is 26.0 Å². The number of benzene rings is 4. The largest absolute Gasteiger partial charge is 1.00 e. The van der Waals surface area contributed by atoms with Gasteiger partial charge in [-0.25, -0.2) is 0 Å². The zero-order valence-electron chi connectivity index (χ0n) is 20.3. The number of para-hydroxylation sites is 1. The molecule has 4 aromatic carbocycles. The van der Waals surface area contributed by atoms with Crippen molar-refractivity contribution in [3.63, 3.8) is 0 Å². The van der Waals surface area contributed by atoms with Crippen LogP contribution in [-0.2, 0) is 10.1 Å². The number of amides is 1. The average molecular weight is 582 g/mol. The number of ether oxygens (including phenoxy) is 1. The fourth-order valence-electron chi connectivity index (χ4n) is 3.67. The van der Waals surface area contributed by atoms with E-state index in [2.05, 4.69) is 15.5 Å². The molecule has 1 amide bonds. The van der Waals surface area contributed by atoms with Crippen molar-refractivity contribution < 1.29 is 57.2 Å². The predicted molar refractivity (Wildman–Crippen MR) is 140 cm³/mol. The van der Waals surface area contributed by atoms with Crippen molar-refractivity contribution in [3.05, 3.63) is 81.8 Å². The number of nitrogens with one attached hydrogen (secondary N) is 1. The molecule has 0 atom stereocenters. The van der Waals surface area contributed by atoms with E-state index in [0.29, 0.717) is 16.5 Å². The van der Waals surface area contributed by atoms with E-state index in [4.69, 9.17) is 27.9 Å².